The summed E-state index contributed by atoms with van der Waals surface area (Å²) in [6.45, 7) is 6.96. The molecule has 0 aliphatic rings. The highest BCUT2D eigenvalue weighted by Gasteiger charge is 2.21. The molecule has 1 aromatic heterocycles. The molecule has 1 heterocycles. The Bertz CT molecular complexity index is 363. The molecule has 4 nitrogen and oxygen atoms in total. The Balaban J connectivity index is 2.97. The zero-order valence-electron chi connectivity index (χ0n) is 9.46. The van der Waals surface area contributed by atoms with Crippen molar-refractivity contribution in [2.75, 3.05) is 0 Å². The van der Waals surface area contributed by atoms with E-state index in [1.165, 1.54) is 0 Å². The number of carbonyl (C=O) groups excluding carboxylic acids is 1. The molecule has 1 aromatic rings. The summed E-state index contributed by atoms with van der Waals surface area (Å²) in [6, 6.07) is 0. The number of aryl methyl sites for hydroxylation is 2. The van der Waals surface area contributed by atoms with Crippen molar-refractivity contribution in [2.24, 2.45) is 5.92 Å². The molecular formula is C11H16O4. The van der Waals surface area contributed by atoms with Crippen molar-refractivity contribution < 1.29 is 19.1 Å². The first-order chi connectivity index (χ1) is 6.97. The second-order valence-corrected chi connectivity index (χ2v) is 3.69. The van der Waals surface area contributed by atoms with E-state index in [2.05, 4.69) is 0 Å². The fourth-order valence-electron chi connectivity index (χ4n) is 1.13. The molecule has 0 amide bonds. The van der Waals surface area contributed by atoms with Gasteiger partial charge in [-0.2, -0.15) is 0 Å². The number of carbonyl (C=O) groups is 1. The van der Waals surface area contributed by atoms with Gasteiger partial charge in [-0.3, -0.25) is 4.79 Å². The lowest BCUT2D eigenvalue weighted by molar-refractivity contribution is -0.137. The number of aromatic hydroxyl groups is 1. The molecule has 0 aromatic carbocycles. The van der Waals surface area contributed by atoms with Gasteiger partial charge in [-0.05, 0) is 6.92 Å². The smallest absolute Gasteiger partial charge is 0.314 e. The summed E-state index contributed by atoms with van der Waals surface area (Å²) in [6.07, 6.45) is 0.572. The van der Waals surface area contributed by atoms with Crippen LogP contribution in [0.15, 0.2) is 4.42 Å². The van der Waals surface area contributed by atoms with Crippen LogP contribution >= 0.6 is 0 Å². The Morgan fingerprint density at radius 2 is 2.13 bits per heavy atom. The molecule has 0 aliphatic heterocycles. The van der Waals surface area contributed by atoms with Gasteiger partial charge in [-0.1, -0.05) is 20.8 Å². The zero-order chi connectivity index (χ0) is 11.6. The minimum absolute atomic E-state index is 0.0825. The fraction of sp³-hybridized carbons (Fsp3) is 0.545. The maximum atomic E-state index is 11.4. The molecule has 15 heavy (non-hydrogen) atoms. The standard InChI is InChI=1S/C11H16O4/c1-5-8-10(9(12)7(4)14-8)15-11(13)6(2)3/h6,12H,5H2,1-4H3. The van der Waals surface area contributed by atoms with E-state index in [4.69, 9.17) is 9.15 Å². The van der Waals surface area contributed by atoms with Gasteiger partial charge in [0.2, 0.25) is 11.5 Å². The van der Waals surface area contributed by atoms with E-state index in [9.17, 15) is 9.90 Å². The zero-order valence-corrected chi connectivity index (χ0v) is 9.46. The van der Waals surface area contributed by atoms with E-state index in [1.54, 1.807) is 20.8 Å². The Kier molecular flexibility index (Phi) is 3.39. The SMILES string of the molecule is CCc1oc(C)c(O)c1OC(=O)C(C)C. The topological polar surface area (TPSA) is 59.7 Å². The predicted octanol–water partition coefficient (Wildman–Crippen LogP) is 2.42. The summed E-state index contributed by atoms with van der Waals surface area (Å²) in [5.41, 5.74) is 0. The Morgan fingerprint density at radius 1 is 1.53 bits per heavy atom. The molecule has 4 heteroatoms. The van der Waals surface area contributed by atoms with Gasteiger partial charge < -0.3 is 14.3 Å². The molecule has 0 fully saturated rings. The van der Waals surface area contributed by atoms with Gasteiger partial charge in [0.1, 0.15) is 5.76 Å². The maximum Gasteiger partial charge on any atom is 0.314 e. The summed E-state index contributed by atoms with van der Waals surface area (Å²) < 4.78 is 10.3. The summed E-state index contributed by atoms with van der Waals surface area (Å²) in [4.78, 5) is 11.4. The third-order valence-corrected chi connectivity index (χ3v) is 2.07. The highest BCUT2D eigenvalue weighted by Crippen LogP contribution is 2.37. The third-order valence-electron chi connectivity index (χ3n) is 2.07. The molecule has 0 unspecified atom stereocenters. The summed E-state index contributed by atoms with van der Waals surface area (Å²) in [5, 5.41) is 9.61. The van der Waals surface area contributed by atoms with Gasteiger partial charge in [0.25, 0.3) is 0 Å². The highest BCUT2D eigenvalue weighted by atomic mass is 16.6. The third kappa shape index (κ3) is 2.32. The number of furan rings is 1. The molecule has 0 saturated heterocycles. The van der Waals surface area contributed by atoms with E-state index in [0.29, 0.717) is 17.9 Å². The van der Waals surface area contributed by atoms with E-state index in [1.807, 2.05) is 6.92 Å². The van der Waals surface area contributed by atoms with Crippen molar-refractivity contribution in [3.63, 3.8) is 0 Å². The van der Waals surface area contributed by atoms with E-state index in [0.717, 1.165) is 0 Å². The second kappa shape index (κ2) is 4.38. The number of rotatable bonds is 3. The molecule has 1 N–H and O–H groups in total. The number of ether oxygens (including phenoxy) is 1. The predicted molar refractivity (Wildman–Crippen MR) is 55.0 cm³/mol. The van der Waals surface area contributed by atoms with E-state index in [-0.39, 0.29) is 23.4 Å². The van der Waals surface area contributed by atoms with Crippen molar-refractivity contribution in [3.8, 4) is 11.5 Å². The average Bonchev–Trinajstić information content (AvgIpc) is 2.45. The van der Waals surface area contributed by atoms with Crippen molar-refractivity contribution in [3.05, 3.63) is 11.5 Å². The van der Waals surface area contributed by atoms with Gasteiger partial charge in [0, 0.05) is 6.42 Å². The van der Waals surface area contributed by atoms with Gasteiger partial charge >= 0.3 is 5.97 Å². The highest BCUT2D eigenvalue weighted by molar-refractivity contribution is 5.75. The Morgan fingerprint density at radius 3 is 2.60 bits per heavy atom. The van der Waals surface area contributed by atoms with Crippen molar-refractivity contribution in [1.29, 1.82) is 0 Å². The average molecular weight is 212 g/mol. The van der Waals surface area contributed by atoms with Crippen LogP contribution in [0.2, 0.25) is 0 Å². The van der Waals surface area contributed by atoms with Crippen molar-refractivity contribution in [1.82, 2.24) is 0 Å². The number of hydrogen-bond acceptors (Lipinski definition) is 4. The minimum Gasteiger partial charge on any atom is -0.502 e. The Labute approximate surface area is 88.8 Å². The van der Waals surface area contributed by atoms with Crippen LogP contribution in [-0.2, 0) is 11.2 Å². The molecule has 0 atom stereocenters. The fourth-order valence-corrected chi connectivity index (χ4v) is 1.13. The Hall–Kier alpha value is -1.45. The first kappa shape index (κ1) is 11.6. The second-order valence-electron chi connectivity index (χ2n) is 3.69. The monoisotopic (exact) mass is 212 g/mol. The largest absolute Gasteiger partial charge is 0.502 e. The van der Waals surface area contributed by atoms with E-state index < -0.39 is 0 Å². The van der Waals surface area contributed by atoms with Crippen molar-refractivity contribution >= 4 is 5.97 Å². The number of esters is 1. The van der Waals surface area contributed by atoms with Crippen LogP contribution in [-0.4, -0.2) is 11.1 Å². The lowest BCUT2D eigenvalue weighted by Crippen LogP contribution is -2.15. The lowest BCUT2D eigenvalue weighted by atomic mass is 10.2. The molecule has 0 bridgehead atoms. The van der Waals surface area contributed by atoms with Crippen LogP contribution in [0.4, 0.5) is 0 Å². The minimum atomic E-state index is -0.374. The lowest BCUT2D eigenvalue weighted by Gasteiger charge is -2.05. The van der Waals surface area contributed by atoms with Gasteiger partial charge in [-0.15, -0.1) is 0 Å². The van der Waals surface area contributed by atoms with Crippen LogP contribution in [0.5, 0.6) is 11.5 Å². The molecule has 0 spiro atoms. The molecule has 0 radical (unpaired) electrons. The normalized spacial score (nSPS) is 10.7. The molecule has 84 valence electrons. The molecule has 0 aliphatic carbocycles. The van der Waals surface area contributed by atoms with Gasteiger partial charge in [0.15, 0.2) is 5.76 Å². The first-order valence-electron chi connectivity index (χ1n) is 5.00. The van der Waals surface area contributed by atoms with Crippen LogP contribution in [0.25, 0.3) is 0 Å². The summed E-state index contributed by atoms with van der Waals surface area (Å²) in [7, 11) is 0. The summed E-state index contributed by atoms with van der Waals surface area (Å²) >= 11 is 0. The van der Waals surface area contributed by atoms with Crippen LogP contribution in [0, 0.1) is 12.8 Å². The van der Waals surface area contributed by atoms with Gasteiger partial charge in [-0.25, -0.2) is 0 Å². The van der Waals surface area contributed by atoms with Crippen LogP contribution in [0.1, 0.15) is 32.3 Å². The van der Waals surface area contributed by atoms with Gasteiger partial charge in [0.05, 0.1) is 5.92 Å². The number of hydrogen-bond donors (Lipinski definition) is 1. The molecule has 0 saturated carbocycles. The quantitative estimate of drug-likeness (QED) is 0.781. The van der Waals surface area contributed by atoms with E-state index >= 15 is 0 Å². The molecular weight excluding hydrogens is 196 g/mol. The van der Waals surface area contributed by atoms with Crippen LogP contribution < -0.4 is 4.74 Å². The summed E-state index contributed by atoms with van der Waals surface area (Å²) in [5.74, 6) is 0.345. The first-order valence-corrected chi connectivity index (χ1v) is 5.00. The molecule has 1 rings (SSSR count). The van der Waals surface area contributed by atoms with Crippen molar-refractivity contribution in [2.45, 2.75) is 34.1 Å². The van der Waals surface area contributed by atoms with Crippen LogP contribution in [0.3, 0.4) is 0 Å². The maximum absolute atomic E-state index is 11.4.